The Morgan fingerprint density at radius 2 is 1.74 bits per heavy atom. The Balaban J connectivity index is 2.39. The van der Waals surface area contributed by atoms with E-state index in [1.807, 2.05) is 0 Å². The zero-order chi connectivity index (χ0) is 13.8. The fourth-order valence-electron chi connectivity index (χ4n) is 2.39. The lowest BCUT2D eigenvalue weighted by atomic mass is 10.1. The van der Waals surface area contributed by atoms with Crippen molar-refractivity contribution in [1.82, 2.24) is 0 Å². The topological polar surface area (TPSA) is 29.3 Å². The van der Waals surface area contributed by atoms with Crippen LogP contribution < -0.4 is 10.6 Å². The monoisotopic (exact) mass is 254 g/mol. The maximum atomic E-state index is 5.73. The van der Waals surface area contributed by atoms with E-state index in [-0.39, 0.29) is 0 Å². The van der Waals surface area contributed by atoms with Crippen molar-refractivity contribution in [2.75, 3.05) is 11.4 Å². The van der Waals surface area contributed by atoms with Crippen molar-refractivity contribution < 1.29 is 0 Å². The molecule has 0 saturated heterocycles. The SMILES string of the molecule is CCN(c1cccc(C)c1)c1ccc(CN)c(C)c1. The van der Waals surface area contributed by atoms with Gasteiger partial charge in [0.25, 0.3) is 0 Å². The fourth-order valence-corrected chi connectivity index (χ4v) is 2.39. The molecule has 100 valence electrons. The van der Waals surface area contributed by atoms with Crippen LogP contribution in [0, 0.1) is 13.8 Å². The summed E-state index contributed by atoms with van der Waals surface area (Å²) >= 11 is 0. The molecule has 2 heteroatoms. The minimum atomic E-state index is 0.600. The Morgan fingerprint density at radius 1 is 1.00 bits per heavy atom. The lowest BCUT2D eigenvalue weighted by molar-refractivity contribution is 1.01. The van der Waals surface area contributed by atoms with Gasteiger partial charge in [0.2, 0.25) is 0 Å². The Labute approximate surface area is 115 Å². The second-order valence-electron chi connectivity index (χ2n) is 4.90. The number of rotatable bonds is 4. The molecule has 0 radical (unpaired) electrons. The van der Waals surface area contributed by atoms with Gasteiger partial charge in [-0.1, -0.05) is 18.2 Å². The summed E-state index contributed by atoms with van der Waals surface area (Å²) in [6, 6.07) is 15.1. The molecule has 2 N–H and O–H groups in total. The number of nitrogens with zero attached hydrogens (tertiary/aromatic N) is 1. The highest BCUT2D eigenvalue weighted by Gasteiger charge is 2.08. The molecule has 19 heavy (non-hydrogen) atoms. The van der Waals surface area contributed by atoms with Gasteiger partial charge in [-0.25, -0.2) is 0 Å². The largest absolute Gasteiger partial charge is 0.342 e. The highest BCUT2D eigenvalue weighted by molar-refractivity contribution is 5.64. The van der Waals surface area contributed by atoms with E-state index in [0.29, 0.717) is 6.54 Å². The predicted octanol–water partition coefficient (Wildman–Crippen LogP) is 3.92. The summed E-state index contributed by atoms with van der Waals surface area (Å²) in [5.41, 5.74) is 11.9. The summed E-state index contributed by atoms with van der Waals surface area (Å²) < 4.78 is 0. The van der Waals surface area contributed by atoms with E-state index in [4.69, 9.17) is 5.73 Å². The van der Waals surface area contributed by atoms with Gasteiger partial charge in [0.15, 0.2) is 0 Å². The van der Waals surface area contributed by atoms with E-state index in [1.54, 1.807) is 0 Å². The maximum absolute atomic E-state index is 5.73. The molecule has 0 aliphatic carbocycles. The summed E-state index contributed by atoms with van der Waals surface area (Å²) in [5.74, 6) is 0. The van der Waals surface area contributed by atoms with Crippen LogP contribution in [0.1, 0.15) is 23.6 Å². The first-order valence-corrected chi connectivity index (χ1v) is 6.79. The van der Waals surface area contributed by atoms with Crippen LogP contribution in [0.3, 0.4) is 0 Å². The van der Waals surface area contributed by atoms with E-state index in [0.717, 1.165) is 6.54 Å². The number of benzene rings is 2. The van der Waals surface area contributed by atoms with Crippen molar-refractivity contribution in [3.63, 3.8) is 0 Å². The first-order valence-electron chi connectivity index (χ1n) is 6.79. The zero-order valence-electron chi connectivity index (χ0n) is 12.0. The van der Waals surface area contributed by atoms with Gasteiger partial charge in [0.1, 0.15) is 0 Å². The van der Waals surface area contributed by atoms with E-state index in [9.17, 15) is 0 Å². The second-order valence-corrected chi connectivity index (χ2v) is 4.90. The second kappa shape index (κ2) is 5.89. The van der Waals surface area contributed by atoms with Gasteiger partial charge in [0, 0.05) is 24.5 Å². The first-order chi connectivity index (χ1) is 9.15. The average Bonchev–Trinajstić information content (AvgIpc) is 2.40. The van der Waals surface area contributed by atoms with Crippen molar-refractivity contribution in [2.24, 2.45) is 5.73 Å². The number of hydrogen-bond acceptors (Lipinski definition) is 2. The standard InChI is InChI=1S/C17H22N2/c1-4-19(16-7-5-6-13(2)10-16)17-9-8-15(12-18)14(3)11-17/h5-11H,4,12,18H2,1-3H3. The minimum absolute atomic E-state index is 0.600. The molecule has 0 saturated carbocycles. The number of hydrogen-bond donors (Lipinski definition) is 1. The van der Waals surface area contributed by atoms with E-state index in [2.05, 4.69) is 68.1 Å². The molecule has 0 aliphatic heterocycles. The molecule has 0 heterocycles. The van der Waals surface area contributed by atoms with Gasteiger partial charge < -0.3 is 10.6 Å². The molecule has 0 bridgehead atoms. The molecular formula is C17H22N2. The molecule has 2 rings (SSSR count). The van der Waals surface area contributed by atoms with Crippen molar-refractivity contribution in [2.45, 2.75) is 27.3 Å². The Bertz CT molecular complexity index is 561. The molecule has 2 aromatic rings. The summed E-state index contributed by atoms with van der Waals surface area (Å²) in [6.45, 7) is 7.97. The number of nitrogens with two attached hydrogens (primary N) is 1. The lowest BCUT2D eigenvalue weighted by Gasteiger charge is -2.24. The highest BCUT2D eigenvalue weighted by atomic mass is 15.1. The summed E-state index contributed by atoms with van der Waals surface area (Å²) in [4.78, 5) is 2.32. The van der Waals surface area contributed by atoms with Crippen LogP contribution in [0.2, 0.25) is 0 Å². The highest BCUT2D eigenvalue weighted by Crippen LogP contribution is 2.27. The molecule has 0 aromatic heterocycles. The van der Waals surface area contributed by atoms with Crippen LogP contribution in [0.25, 0.3) is 0 Å². The van der Waals surface area contributed by atoms with Crippen LogP contribution >= 0.6 is 0 Å². The van der Waals surface area contributed by atoms with Crippen LogP contribution in [0.4, 0.5) is 11.4 Å². The summed E-state index contributed by atoms with van der Waals surface area (Å²) in [6.07, 6.45) is 0. The molecule has 2 aromatic carbocycles. The van der Waals surface area contributed by atoms with Crippen LogP contribution in [0.15, 0.2) is 42.5 Å². The Morgan fingerprint density at radius 3 is 2.32 bits per heavy atom. The normalized spacial score (nSPS) is 10.5. The number of aryl methyl sites for hydroxylation is 2. The van der Waals surface area contributed by atoms with Crippen molar-refractivity contribution in [3.05, 3.63) is 59.2 Å². The Kier molecular flexibility index (Phi) is 4.23. The van der Waals surface area contributed by atoms with E-state index >= 15 is 0 Å². The van der Waals surface area contributed by atoms with Crippen molar-refractivity contribution in [3.8, 4) is 0 Å². The maximum Gasteiger partial charge on any atom is 0.0413 e. The van der Waals surface area contributed by atoms with Gasteiger partial charge in [-0.2, -0.15) is 0 Å². The van der Waals surface area contributed by atoms with Crippen LogP contribution in [-0.4, -0.2) is 6.54 Å². The van der Waals surface area contributed by atoms with Gasteiger partial charge >= 0.3 is 0 Å². The third kappa shape index (κ3) is 2.96. The van der Waals surface area contributed by atoms with E-state index < -0.39 is 0 Å². The van der Waals surface area contributed by atoms with Crippen molar-refractivity contribution >= 4 is 11.4 Å². The van der Waals surface area contributed by atoms with Crippen molar-refractivity contribution in [1.29, 1.82) is 0 Å². The molecule has 0 fully saturated rings. The summed E-state index contributed by atoms with van der Waals surface area (Å²) in [7, 11) is 0. The average molecular weight is 254 g/mol. The number of anilines is 2. The molecule has 0 unspecified atom stereocenters. The molecular weight excluding hydrogens is 232 g/mol. The van der Waals surface area contributed by atoms with Crippen LogP contribution in [-0.2, 0) is 6.54 Å². The third-order valence-electron chi connectivity index (χ3n) is 3.49. The third-order valence-corrected chi connectivity index (χ3v) is 3.49. The molecule has 0 spiro atoms. The predicted molar refractivity (Wildman–Crippen MR) is 82.9 cm³/mol. The molecule has 0 amide bonds. The van der Waals surface area contributed by atoms with Gasteiger partial charge in [-0.3, -0.25) is 0 Å². The quantitative estimate of drug-likeness (QED) is 0.896. The minimum Gasteiger partial charge on any atom is -0.342 e. The van der Waals surface area contributed by atoms with E-state index in [1.165, 1.54) is 28.1 Å². The smallest absolute Gasteiger partial charge is 0.0413 e. The fraction of sp³-hybridized carbons (Fsp3) is 0.294. The Hall–Kier alpha value is -1.80. The van der Waals surface area contributed by atoms with Gasteiger partial charge in [0.05, 0.1) is 0 Å². The zero-order valence-corrected chi connectivity index (χ0v) is 12.0. The summed E-state index contributed by atoms with van der Waals surface area (Å²) in [5, 5.41) is 0. The van der Waals surface area contributed by atoms with Gasteiger partial charge in [-0.05, 0) is 61.7 Å². The van der Waals surface area contributed by atoms with Gasteiger partial charge in [-0.15, -0.1) is 0 Å². The van der Waals surface area contributed by atoms with Crippen LogP contribution in [0.5, 0.6) is 0 Å². The molecule has 0 atom stereocenters. The molecule has 2 nitrogen and oxygen atoms in total. The lowest BCUT2D eigenvalue weighted by Crippen LogP contribution is -2.16. The molecule has 0 aliphatic rings. The first kappa shape index (κ1) is 13.6.